The molecule has 3 N–H and O–H groups in total. The van der Waals surface area contributed by atoms with Crippen molar-refractivity contribution < 1.29 is 14.9 Å². The van der Waals surface area contributed by atoms with Crippen LogP contribution in [0.5, 0.6) is 5.75 Å². The van der Waals surface area contributed by atoms with Gasteiger partial charge in [-0.3, -0.25) is 0 Å². The third kappa shape index (κ3) is 4.93. The minimum atomic E-state index is -0.770. The largest absolute Gasteiger partial charge is 0.487 e. The first-order chi connectivity index (χ1) is 10.2. The van der Waals surface area contributed by atoms with E-state index in [-0.39, 0.29) is 6.61 Å². The molecule has 0 fully saturated rings. The highest BCUT2D eigenvalue weighted by atomic mass is 35.5. The Kier molecular flexibility index (Phi) is 5.87. The summed E-state index contributed by atoms with van der Waals surface area (Å²) in [6.07, 6.45) is -0.770. The van der Waals surface area contributed by atoms with Crippen molar-refractivity contribution in [3.8, 4) is 5.75 Å². The fourth-order valence-corrected chi connectivity index (χ4v) is 1.98. The molecule has 0 bridgehead atoms. The van der Waals surface area contributed by atoms with Crippen LogP contribution in [0.15, 0.2) is 48.5 Å². The molecule has 2 aromatic rings. The number of halogens is 1. The first-order valence-electron chi connectivity index (χ1n) is 6.68. The number of para-hydroxylation sites is 1. The van der Waals surface area contributed by atoms with Crippen LogP contribution in [-0.2, 0) is 6.61 Å². The molecule has 0 saturated carbocycles. The minimum absolute atomic E-state index is 0.262. The number of aliphatic hydroxyl groups is 2. The van der Waals surface area contributed by atoms with Crippen molar-refractivity contribution in [2.45, 2.75) is 12.7 Å². The van der Waals surface area contributed by atoms with Crippen molar-refractivity contribution in [3.63, 3.8) is 0 Å². The molecule has 0 aliphatic rings. The third-order valence-corrected chi connectivity index (χ3v) is 3.22. The molecule has 2 rings (SSSR count). The highest BCUT2D eigenvalue weighted by molar-refractivity contribution is 6.32. The van der Waals surface area contributed by atoms with E-state index in [0.717, 1.165) is 11.3 Å². The molecule has 4 nitrogen and oxygen atoms in total. The number of hydrogen-bond acceptors (Lipinski definition) is 4. The third-order valence-electron chi connectivity index (χ3n) is 2.91. The summed E-state index contributed by atoms with van der Waals surface area (Å²) in [5, 5.41) is 21.7. The molecular weight excluding hydrogens is 290 g/mol. The van der Waals surface area contributed by atoms with Gasteiger partial charge in [-0.05, 0) is 29.8 Å². The summed E-state index contributed by atoms with van der Waals surface area (Å²) >= 11 is 6.03. The summed E-state index contributed by atoms with van der Waals surface area (Å²) in [4.78, 5) is 0. The number of ether oxygens (including phenoxy) is 1. The van der Waals surface area contributed by atoms with E-state index < -0.39 is 6.10 Å². The summed E-state index contributed by atoms with van der Waals surface area (Å²) in [5.74, 6) is 0.647. The Bertz CT molecular complexity index is 577. The Hall–Kier alpha value is -1.75. The molecule has 1 unspecified atom stereocenters. The van der Waals surface area contributed by atoms with Gasteiger partial charge in [0.1, 0.15) is 12.4 Å². The van der Waals surface area contributed by atoms with Crippen molar-refractivity contribution in [3.05, 3.63) is 59.1 Å². The van der Waals surface area contributed by atoms with Crippen molar-refractivity contribution in [2.75, 3.05) is 18.5 Å². The molecule has 0 aromatic heterocycles. The zero-order chi connectivity index (χ0) is 15.1. The summed E-state index contributed by atoms with van der Waals surface area (Å²) in [6.45, 7) is 0.440. The van der Waals surface area contributed by atoms with E-state index in [1.54, 1.807) is 6.07 Å². The van der Waals surface area contributed by atoms with Crippen molar-refractivity contribution in [1.82, 2.24) is 0 Å². The molecule has 0 heterocycles. The first-order valence-corrected chi connectivity index (χ1v) is 7.06. The molecule has 112 valence electrons. The second kappa shape index (κ2) is 7.88. The highest BCUT2D eigenvalue weighted by Gasteiger charge is 2.03. The Morgan fingerprint density at radius 1 is 1.14 bits per heavy atom. The average molecular weight is 308 g/mol. The SMILES string of the molecule is OCC(O)CNc1cccc(COc2ccccc2Cl)c1. The fraction of sp³-hybridized carbons (Fsp3) is 0.250. The van der Waals surface area contributed by atoms with Crippen molar-refractivity contribution >= 4 is 17.3 Å². The van der Waals surface area contributed by atoms with E-state index in [9.17, 15) is 5.11 Å². The number of hydrogen-bond donors (Lipinski definition) is 3. The first kappa shape index (κ1) is 15.6. The quantitative estimate of drug-likeness (QED) is 0.736. The second-order valence-electron chi connectivity index (χ2n) is 4.64. The molecule has 1 atom stereocenters. The van der Waals surface area contributed by atoms with Gasteiger partial charge < -0.3 is 20.3 Å². The van der Waals surface area contributed by atoms with Crippen molar-refractivity contribution in [1.29, 1.82) is 0 Å². The average Bonchev–Trinajstić information content (AvgIpc) is 2.52. The van der Waals surface area contributed by atoms with Crippen LogP contribution in [0.1, 0.15) is 5.56 Å². The molecule has 0 saturated heterocycles. The molecule has 2 aromatic carbocycles. The molecule has 0 amide bonds. The molecule has 0 aliphatic heterocycles. The van der Waals surface area contributed by atoms with E-state index in [4.69, 9.17) is 21.4 Å². The molecule has 21 heavy (non-hydrogen) atoms. The number of anilines is 1. The molecular formula is C16H18ClNO3. The van der Waals surface area contributed by atoms with E-state index in [0.29, 0.717) is 23.9 Å². The molecule has 0 spiro atoms. The van der Waals surface area contributed by atoms with Gasteiger partial charge in [0.05, 0.1) is 17.7 Å². The second-order valence-corrected chi connectivity index (χ2v) is 5.04. The highest BCUT2D eigenvalue weighted by Crippen LogP contribution is 2.24. The van der Waals surface area contributed by atoms with Crippen LogP contribution in [0, 0.1) is 0 Å². The predicted molar refractivity (Wildman–Crippen MR) is 83.8 cm³/mol. The Labute approximate surface area is 129 Å². The Morgan fingerprint density at radius 3 is 2.71 bits per heavy atom. The van der Waals surface area contributed by atoms with Crippen LogP contribution < -0.4 is 10.1 Å². The van der Waals surface area contributed by atoms with Gasteiger partial charge in [-0.15, -0.1) is 0 Å². The van der Waals surface area contributed by atoms with Gasteiger partial charge >= 0.3 is 0 Å². The maximum absolute atomic E-state index is 9.32. The maximum Gasteiger partial charge on any atom is 0.138 e. The van der Waals surface area contributed by atoms with Gasteiger partial charge in [0.25, 0.3) is 0 Å². The number of rotatable bonds is 7. The molecule has 0 radical (unpaired) electrons. The minimum Gasteiger partial charge on any atom is -0.487 e. The summed E-state index contributed by atoms with van der Waals surface area (Å²) in [5.41, 5.74) is 1.85. The van der Waals surface area contributed by atoms with Crippen LogP contribution in [0.4, 0.5) is 5.69 Å². The lowest BCUT2D eigenvalue weighted by atomic mass is 10.2. The van der Waals surface area contributed by atoms with Crippen LogP contribution >= 0.6 is 11.6 Å². The lowest BCUT2D eigenvalue weighted by Gasteiger charge is -2.12. The van der Waals surface area contributed by atoms with E-state index in [2.05, 4.69) is 5.32 Å². The van der Waals surface area contributed by atoms with Crippen LogP contribution in [-0.4, -0.2) is 29.5 Å². The molecule has 5 heteroatoms. The normalized spacial score (nSPS) is 12.0. The van der Waals surface area contributed by atoms with Crippen molar-refractivity contribution in [2.24, 2.45) is 0 Å². The Balaban J connectivity index is 1.93. The summed E-state index contributed by atoms with van der Waals surface area (Å²) in [7, 11) is 0. The zero-order valence-electron chi connectivity index (χ0n) is 11.5. The maximum atomic E-state index is 9.32. The van der Waals surface area contributed by atoms with Gasteiger partial charge in [0, 0.05) is 12.2 Å². The Morgan fingerprint density at radius 2 is 1.95 bits per heavy atom. The van der Waals surface area contributed by atoms with E-state index >= 15 is 0 Å². The van der Waals surface area contributed by atoms with Crippen LogP contribution in [0.25, 0.3) is 0 Å². The summed E-state index contributed by atoms with van der Waals surface area (Å²) < 4.78 is 5.68. The van der Waals surface area contributed by atoms with E-state index in [1.165, 1.54) is 0 Å². The van der Waals surface area contributed by atoms with Crippen LogP contribution in [0.2, 0.25) is 5.02 Å². The van der Waals surface area contributed by atoms with Gasteiger partial charge in [0.15, 0.2) is 0 Å². The zero-order valence-corrected chi connectivity index (χ0v) is 12.3. The monoisotopic (exact) mass is 307 g/mol. The number of aliphatic hydroxyl groups excluding tert-OH is 2. The van der Waals surface area contributed by atoms with Gasteiger partial charge in [-0.2, -0.15) is 0 Å². The van der Waals surface area contributed by atoms with Gasteiger partial charge in [-0.25, -0.2) is 0 Å². The summed E-state index contributed by atoms with van der Waals surface area (Å²) in [6, 6.07) is 15.0. The van der Waals surface area contributed by atoms with E-state index in [1.807, 2.05) is 42.5 Å². The smallest absolute Gasteiger partial charge is 0.138 e. The lowest BCUT2D eigenvalue weighted by Crippen LogP contribution is -2.22. The number of nitrogens with one attached hydrogen (secondary N) is 1. The fourth-order valence-electron chi connectivity index (χ4n) is 1.79. The van der Waals surface area contributed by atoms with Crippen LogP contribution in [0.3, 0.4) is 0 Å². The lowest BCUT2D eigenvalue weighted by molar-refractivity contribution is 0.105. The van der Waals surface area contributed by atoms with Gasteiger partial charge in [-0.1, -0.05) is 35.9 Å². The molecule has 0 aliphatic carbocycles. The van der Waals surface area contributed by atoms with Gasteiger partial charge in [0.2, 0.25) is 0 Å². The predicted octanol–water partition coefficient (Wildman–Crippen LogP) is 2.68. The number of benzene rings is 2. The standard InChI is InChI=1S/C16H18ClNO3/c17-15-6-1-2-7-16(15)21-11-12-4-3-5-13(8-12)18-9-14(20)10-19/h1-8,14,18-20H,9-11H2. The topological polar surface area (TPSA) is 61.7 Å².